The van der Waals surface area contributed by atoms with Crippen LogP contribution in [0.15, 0.2) is 60.7 Å². The van der Waals surface area contributed by atoms with Crippen molar-refractivity contribution in [2.75, 3.05) is 0 Å². The second kappa shape index (κ2) is 8.51. The van der Waals surface area contributed by atoms with Crippen molar-refractivity contribution in [2.24, 2.45) is 5.84 Å². The SMILES string of the molecule is NNC(CCCc1ccccc1)CCc1ccccc1. The van der Waals surface area contributed by atoms with Gasteiger partial charge in [-0.05, 0) is 43.2 Å². The molecule has 0 spiro atoms. The quantitative estimate of drug-likeness (QED) is 0.568. The van der Waals surface area contributed by atoms with Gasteiger partial charge in [-0.3, -0.25) is 11.3 Å². The number of nitrogens with one attached hydrogen (secondary N) is 1. The first-order valence-corrected chi connectivity index (χ1v) is 7.42. The Hall–Kier alpha value is -1.64. The summed E-state index contributed by atoms with van der Waals surface area (Å²) in [5.41, 5.74) is 5.75. The highest BCUT2D eigenvalue weighted by molar-refractivity contribution is 5.15. The number of hydrogen-bond acceptors (Lipinski definition) is 2. The first-order valence-electron chi connectivity index (χ1n) is 7.42. The average molecular weight is 268 g/mol. The van der Waals surface area contributed by atoms with Gasteiger partial charge in [0.2, 0.25) is 0 Å². The molecule has 2 rings (SSSR count). The molecule has 20 heavy (non-hydrogen) atoms. The zero-order chi connectivity index (χ0) is 14.0. The Morgan fingerprint density at radius 1 is 0.750 bits per heavy atom. The Morgan fingerprint density at radius 3 is 1.85 bits per heavy atom. The number of hydrogen-bond donors (Lipinski definition) is 2. The maximum atomic E-state index is 5.67. The number of benzene rings is 2. The summed E-state index contributed by atoms with van der Waals surface area (Å²) in [6.07, 6.45) is 5.60. The molecule has 106 valence electrons. The standard InChI is InChI=1S/C18H24N2/c19-20-18(15-14-17-10-5-2-6-11-17)13-7-12-16-8-3-1-4-9-16/h1-6,8-11,18,20H,7,12-15,19H2. The van der Waals surface area contributed by atoms with Crippen molar-refractivity contribution in [3.8, 4) is 0 Å². The van der Waals surface area contributed by atoms with E-state index in [0.717, 1.165) is 25.7 Å². The van der Waals surface area contributed by atoms with Gasteiger partial charge in [-0.15, -0.1) is 0 Å². The summed E-state index contributed by atoms with van der Waals surface area (Å²) in [4.78, 5) is 0. The van der Waals surface area contributed by atoms with E-state index >= 15 is 0 Å². The van der Waals surface area contributed by atoms with Gasteiger partial charge in [0, 0.05) is 6.04 Å². The van der Waals surface area contributed by atoms with Gasteiger partial charge < -0.3 is 0 Å². The summed E-state index contributed by atoms with van der Waals surface area (Å²) in [6, 6.07) is 21.6. The lowest BCUT2D eigenvalue weighted by atomic mass is 9.99. The molecule has 2 aromatic carbocycles. The van der Waals surface area contributed by atoms with Gasteiger partial charge in [0.05, 0.1) is 0 Å². The average Bonchev–Trinajstić information content (AvgIpc) is 2.52. The molecular weight excluding hydrogens is 244 g/mol. The minimum Gasteiger partial charge on any atom is -0.271 e. The number of hydrazine groups is 1. The van der Waals surface area contributed by atoms with Crippen molar-refractivity contribution in [1.29, 1.82) is 0 Å². The van der Waals surface area contributed by atoms with Gasteiger partial charge in [-0.1, -0.05) is 60.7 Å². The van der Waals surface area contributed by atoms with E-state index in [2.05, 4.69) is 66.1 Å². The van der Waals surface area contributed by atoms with Crippen LogP contribution in [0.3, 0.4) is 0 Å². The zero-order valence-corrected chi connectivity index (χ0v) is 12.0. The van der Waals surface area contributed by atoms with Crippen molar-refractivity contribution in [3.05, 3.63) is 71.8 Å². The highest BCUT2D eigenvalue weighted by atomic mass is 15.2. The Labute approximate surface area is 122 Å². The number of aryl methyl sites for hydroxylation is 2. The minimum atomic E-state index is 0.402. The molecule has 0 aromatic heterocycles. The van der Waals surface area contributed by atoms with Crippen LogP contribution >= 0.6 is 0 Å². The van der Waals surface area contributed by atoms with Crippen LogP contribution in [-0.4, -0.2) is 6.04 Å². The number of nitrogens with two attached hydrogens (primary N) is 1. The monoisotopic (exact) mass is 268 g/mol. The summed E-state index contributed by atoms with van der Waals surface area (Å²) in [6.45, 7) is 0. The molecule has 1 unspecified atom stereocenters. The molecule has 3 N–H and O–H groups in total. The molecule has 0 fully saturated rings. The third-order valence-corrected chi connectivity index (χ3v) is 3.72. The molecule has 0 aliphatic carbocycles. The first-order chi connectivity index (χ1) is 9.88. The van der Waals surface area contributed by atoms with Crippen LogP contribution in [0.5, 0.6) is 0 Å². The van der Waals surface area contributed by atoms with Crippen LogP contribution in [0.2, 0.25) is 0 Å². The third-order valence-electron chi connectivity index (χ3n) is 3.72. The van der Waals surface area contributed by atoms with Crippen LogP contribution < -0.4 is 11.3 Å². The van der Waals surface area contributed by atoms with Gasteiger partial charge >= 0.3 is 0 Å². The van der Waals surface area contributed by atoms with Crippen molar-refractivity contribution in [1.82, 2.24) is 5.43 Å². The van der Waals surface area contributed by atoms with E-state index in [1.165, 1.54) is 17.5 Å². The Kier molecular flexibility index (Phi) is 6.28. The van der Waals surface area contributed by atoms with E-state index in [4.69, 9.17) is 5.84 Å². The summed E-state index contributed by atoms with van der Waals surface area (Å²) >= 11 is 0. The molecule has 1 atom stereocenters. The molecule has 0 radical (unpaired) electrons. The molecular formula is C18H24N2. The van der Waals surface area contributed by atoms with Crippen LogP contribution in [0.25, 0.3) is 0 Å². The molecule has 2 aromatic rings. The second-order valence-electron chi connectivity index (χ2n) is 5.27. The van der Waals surface area contributed by atoms with Crippen LogP contribution in [-0.2, 0) is 12.8 Å². The van der Waals surface area contributed by atoms with Gasteiger partial charge in [0.15, 0.2) is 0 Å². The Morgan fingerprint density at radius 2 is 1.30 bits per heavy atom. The molecule has 0 aliphatic heterocycles. The smallest absolute Gasteiger partial charge is 0.0213 e. The highest BCUT2D eigenvalue weighted by Gasteiger charge is 2.06. The molecule has 0 saturated heterocycles. The van der Waals surface area contributed by atoms with Gasteiger partial charge in [-0.25, -0.2) is 0 Å². The van der Waals surface area contributed by atoms with Gasteiger partial charge in [0.25, 0.3) is 0 Å². The fraction of sp³-hybridized carbons (Fsp3) is 0.333. The van der Waals surface area contributed by atoms with Gasteiger partial charge in [-0.2, -0.15) is 0 Å². The normalized spacial score (nSPS) is 12.2. The predicted octanol–water partition coefficient (Wildman–Crippen LogP) is 3.47. The lowest BCUT2D eigenvalue weighted by Gasteiger charge is -2.15. The summed E-state index contributed by atoms with van der Waals surface area (Å²) < 4.78 is 0. The molecule has 2 nitrogen and oxygen atoms in total. The van der Waals surface area contributed by atoms with Crippen molar-refractivity contribution >= 4 is 0 Å². The van der Waals surface area contributed by atoms with E-state index in [0.29, 0.717) is 6.04 Å². The molecule has 2 heteroatoms. The summed E-state index contributed by atoms with van der Waals surface area (Å²) in [5.74, 6) is 5.67. The minimum absolute atomic E-state index is 0.402. The van der Waals surface area contributed by atoms with Crippen molar-refractivity contribution < 1.29 is 0 Å². The Bertz CT molecular complexity index is 467. The zero-order valence-electron chi connectivity index (χ0n) is 12.0. The fourth-order valence-corrected chi connectivity index (χ4v) is 2.49. The van der Waals surface area contributed by atoms with Crippen LogP contribution in [0.4, 0.5) is 0 Å². The lowest BCUT2D eigenvalue weighted by molar-refractivity contribution is 0.451. The van der Waals surface area contributed by atoms with E-state index < -0.39 is 0 Å². The molecule has 0 heterocycles. The second-order valence-corrected chi connectivity index (χ2v) is 5.27. The van der Waals surface area contributed by atoms with Crippen LogP contribution in [0.1, 0.15) is 30.4 Å². The third kappa shape index (κ3) is 5.16. The molecule has 0 bridgehead atoms. The van der Waals surface area contributed by atoms with E-state index in [1.54, 1.807) is 0 Å². The summed E-state index contributed by atoms with van der Waals surface area (Å²) in [7, 11) is 0. The van der Waals surface area contributed by atoms with Crippen LogP contribution in [0, 0.1) is 0 Å². The van der Waals surface area contributed by atoms with Crippen molar-refractivity contribution in [2.45, 2.75) is 38.1 Å². The molecule has 0 aliphatic rings. The van der Waals surface area contributed by atoms with E-state index in [1.807, 2.05) is 0 Å². The molecule has 0 saturated carbocycles. The first kappa shape index (κ1) is 14.8. The number of rotatable bonds is 8. The van der Waals surface area contributed by atoms with E-state index in [9.17, 15) is 0 Å². The predicted molar refractivity (Wildman–Crippen MR) is 85.3 cm³/mol. The molecule has 0 amide bonds. The Balaban J connectivity index is 1.70. The lowest BCUT2D eigenvalue weighted by Crippen LogP contribution is -2.35. The largest absolute Gasteiger partial charge is 0.271 e. The maximum absolute atomic E-state index is 5.67. The van der Waals surface area contributed by atoms with E-state index in [-0.39, 0.29) is 0 Å². The summed E-state index contributed by atoms with van der Waals surface area (Å²) in [5, 5.41) is 0. The topological polar surface area (TPSA) is 38.0 Å². The van der Waals surface area contributed by atoms with Crippen molar-refractivity contribution in [3.63, 3.8) is 0 Å². The fourth-order valence-electron chi connectivity index (χ4n) is 2.49. The van der Waals surface area contributed by atoms with Gasteiger partial charge in [0.1, 0.15) is 0 Å². The highest BCUT2D eigenvalue weighted by Crippen LogP contribution is 2.11. The maximum Gasteiger partial charge on any atom is 0.0213 e.